The number of aryl methyl sites for hydroxylation is 1. The average Bonchev–Trinajstić information content (AvgIpc) is 2.33. The van der Waals surface area contributed by atoms with Gasteiger partial charge in [-0.3, -0.25) is 0 Å². The molecule has 0 aliphatic carbocycles. The molecule has 0 aromatic heterocycles. The Morgan fingerprint density at radius 2 is 2.00 bits per heavy atom. The molecule has 2 N–H and O–H groups in total. The number of amides is 1. The molecule has 5 nitrogen and oxygen atoms in total. The summed E-state index contributed by atoms with van der Waals surface area (Å²) in [6, 6.07) is 7.56. The van der Waals surface area contributed by atoms with Gasteiger partial charge in [0, 0.05) is 0 Å². The fourth-order valence-corrected chi connectivity index (χ4v) is 1.48. The molecule has 1 atom stereocenters. The van der Waals surface area contributed by atoms with Gasteiger partial charge in [-0.05, 0) is 39.3 Å². The Morgan fingerprint density at radius 1 is 1.35 bits per heavy atom. The fraction of sp³-hybridized carbons (Fsp3) is 0.533. The standard InChI is InChI=1S/C15H23NO4/c1-11-7-5-6-8-13(11)19-10-12(17)9-16-14(18)20-15(2,3)4/h5-8,12,17H,9-10H2,1-4H3,(H,16,18)/t12-/m1/s1. The van der Waals surface area contributed by atoms with E-state index in [9.17, 15) is 9.90 Å². The molecule has 0 heterocycles. The largest absolute Gasteiger partial charge is 0.491 e. The van der Waals surface area contributed by atoms with Crippen LogP contribution in [-0.2, 0) is 4.74 Å². The normalized spacial score (nSPS) is 12.7. The SMILES string of the molecule is Cc1ccccc1OC[C@H](O)CNC(=O)OC(C)(C)C. The molecule has 0 radical (unpaired) electrons. The number of rotatable bonds is 5. The zero-order valence-electron chi connectivity index (χ0n) is 12.5. The topological polar surface area (TPSA) is 67.8 Å². The molecule has 0 aliphatic heterocycles. The van der Waals surface area contributed by atoms with Crippen LogP contribution in [0.3, 0.4) is 0 Å². The second-order valence-corrected chi connectivity index (χ2v) is 5.61. The van der Waals surface area contributed by atoms with Gasteiger partial charge in [-0.2, -0.15) is 0 Å². The van der Waals surface area contributed by atoms with Gasteiger partial charge in [-0.15, -0.1) is 0 Å². The summed E-state index contributed by atoms with van der Waals surface area (Å²) in [6.07, 6.45) is -1.34. The number of aliphatic hydroxyl groups is 1. The minimum absolute atomic E-state index is 0.0841. The van der Waals surface area contributed by atoms with Crippen molar-refractivity contribution in [2.45, 2.75) is 39.4 Å². The van der Waals surface area contributed by atoms with E-state index in [1.54, 1.807) is 20.8 Å². The van der Waals surface area contributed by atoms with Crippen LogP contribution in [0, 0.1) is 6.92 Å². The van der Waals surface area contributed by atoms with Crippen molar-refractivity contribution in [1.29, 1.82) is 0 Å². The molecule has 0 bridgehead atoms. The van der Waals surface area contributed by atoms with Gasteiger partial charge >= 0.3 is 6.09 Å². The zero-order chi connectivity index (χ0) is 15.2. The van der Waals surface area contributed by atoms with Crippen molar-refractivity contribution in [1.82, 2.24) is 5.32 Å². The molecular weight excluding hydrogens is 258 g/mol. The summed E-state index contributed by atoms with van der Waals surface area (Å²) in [5.74, 6) is 0.726. The van der Waals surface area contributed by atoms with Crippen LogP contribution >= 0.6 is 0 Å². The fourth-order valence-electron chi connectivity index (χ4n) is 1.48. The number of nitrogens with one attached hydrogen (secondary N) is 1. The van der Waals surface area contributed by atoms with Crippen LogP contribution in [-0.4, -0.2) is 36.1 Å². The van der Waals surface area contributed by atoms with Crippen LogP contribution < -0.4 is 10.1 Å². The second kappa shape index (κ2) is 7.14. The van der Waals surface area contributed by atoms with Gasteiger partial charge in [0.1, 0.15) is 24.1 Å². The molecule has 0 aliphatic rings. The lowest BCUT2D eigenvalue weighted by molar-refractivity contribution is 0.0462. The summed E-state index contributed by atoms with van der Waals surface area (Å²) < 4.78 is 10.6. The van der Waals surface area contributed by atoms with Crippen molar-refractivity contribution in [3.05, 3.63) is 29.8 Å². The Hall–Kier alpha value is -1.75. The Balaban J connectivity index is 2.29. The van der Waals surface area contributed by atoms with E-state index in [0.29, 0.717) is 0 Å². The van der Waals surface area contributed by atoms with Crippen LogP contribution in [0.4, 0.5) is 4.79 Å². The first kappa shape index (κ1) is 16.3. The number of para-hydroxylation sites is 1. The predicted molar refractivity (Wildman–Crippen MR) is 76.9 cm³/mol. The number of ether oxygens (including phenoxy) is 2. The predicted octanol–water partition coefficient (Wildman–Crippen LogP) is 2.26. The average molecular weight is 281 g/mol. The van der Waals surface area contributed by atoms with E-state index in [1.807, 2.05) is 31.2 Å². The lowest BCUT2D eigenvalue weighted by Gasteiger charge is -2.20. The minimum atomic E-state index is -0.790. The third kappa shape index (κ3) is 6.43. The molecule has 1 aromatic rings. The summed E-state index contributed by atoms with van der Waals surface area (Å²) in [5, 5.41) is 12.3. The Labute approximate surface area is 119 Å². The highest BCUT2D eigenvalue weighted by molar-refractivity contribution is 5.67. The van der Waals surface area contributed by atoms with Gasteiger partial charge in [0.15, 0.2) is 0 Å². The molecule has 0 spiro atoms. The van der Waals surface area contributed by atoms with Crippen LogP contribution in [0.1, 0.15) is 26.3 Å². The number of carbonyl (C=O) groups excluding carboxylic acids is 1. The quantitative estimate of drug-likeness (QED) is 0.868. The summed E-state index contributed by atoms with van der Waals surface area (Å²) in [5.41, 5.74) is 0.451. The second-order valence-electron chi connectivity index (χ2n) is 5.61. The van der Waals surface area contributed by atoms with Crippen molar-refractivity contribution in [3.63, 3.8) is 0 Å². The zero-order valence-corrected chi connectivity index (χ0v) is 12.5. The highest BCUT2D eigenvalue weighted by Crippen LogP contribution is 2.16. The number of hydrogen-bond donors (Lipinski definition) is 2. The number of aliphatic hydroxyl groups excluding tert-OH is 1. The summed E-state index contributed by atoms with van der Waals surface area (Å²) in [6.45, 7) is 7.47. The number of carbonyl (C=O) groups is 1. The lowest BCUT2D eigenvalue weighted by Crippen LogP contribution is -2.38. The minimum Gasteiger partial charge on any atom is -0.491 e. The number of hydrogen-bond acceptors (Lipinski definition) is 4. The Bertz CT molecular complexity index is 440. The number of alkyl carbamates (subject to hydrolysis) is 1. The smallest absolute Gasteiger partial charge is 0.407 e. The molecule has 0 saturated carbocycles. The highest BCUT2D eigenvalue weighted by atomic mass is 16.6. The maximum Gasteiger partial charge on any atom is 0.407 e. The van der Waals surface area contributed by atoms with Crippen molar-refractivity contribution < 1.29 is 19.4 Å². The van der Waals surface area contributed by atoms with Crippen molar-refractivity contribution in [2.24, 2.45) is 0 Å². The molecule has 1 aromatic carbocycles. The molecule has 0 saturated heterocycles. The molecule has 0 fully saturated rings. The van der Waals surface area contributed by atoms with Crippen LogP contribution in [0.15, 0.2) is 24.3 Å². The lowest BCUT2D eigenvalue weighted by atomic mass is 10.2. The molecule has 1 amide bonds. The van der Waals surface area contributed by atoms with Gasteiger partial charge in [0.25, 0.3) is 0 Å². The van der Waals surface area contributed by atoms with E-state index < -0.39 is 17.8 Å². The van der Waals surface area contributed by atoms with E-state index in [2.05, 4.69) is 5.32 Å². The molecule has 112 valence electrons. The van der Waals surface area contributed by atoms with E-state index in [4.69, 9.17) is 9.47 Å². The monoisotopic (exact) mass is 281 g/mol. The first-order valence-corrected chi connectivity index (χ1v) is 6.61. The molecule has 20 heavy (non-hydrogen) atoms. The Morgan fingerprint density at radius 3 is 2.60 bits per heavy atom. The van der Waals surface area contributed by atoms with Gasteiger partial charge in [0.05, 0.1) is 6.54 Å². The molecule has 1 rings (SSSR count). The van der Waals surface area contributed by atoms with Crippen LogP contribution in [0.5, 0.6) is 5.75 Å². The van der Waals surface area contributed by atoms with Gasteiger partial charge in [0.2, 0.25) is 0 Å². The third-order valence-corrected chi connectivity index (χ3v) is 2.41. The van der Waals surface area contributed by atoms with Gasteiger partial charge in [-0.1, -0.05) is 18.2 Å². The van der Waals surface area contributed by atoms with E-state index in [0.717, 1.165) is 11.3 Å². The van der Waals surface area contributed by atoms with E-state index in [-0.39, 0.29) is 13.2 Å². The van der Waals surface area contributed by atoms with Crippen LogP contribution in [0.2, 0.25) is 0 Å². The highest BCUT2D eigenvalue weighted by Gasteiger charge is 2.17. The van der Waals surface area contributed by atoms with Crippen molar-refractivity contribution in [3.8, 4) is 5.75 Å². The summed E-state index contributed by atoms with van der Waals surface area (Å²) >= 11 is 0. The molecule has 0 unspecified atom stereocenters. The maximum atomic E-state index is 11.4. The molecular formula is C15H23NO4. The van der Waals surface area contributed by atoms with E-state index in [1.165, 1.54) is 0 Å². The molecule has 5 heteroatoms. The van der Waals surface area contributed by atoms with Crippen molar-refractivity contribution in [2.75, 3.05) is 13.2 Å². The summed E-state index contributed by atoms with van der Waals surface area (Å²) in [4.78, 5) is 11.4. The first-order chi connectivity index (χ1) is 9.28. The Kier molecular flexibility index (Phi) is 5.82. The van der Waals surface area contributed by atoms with Gasteiger partial charge in [-0.25, -0.2) is 4.79 Å². The number of benzene rings is 1. The first-order valence-electron chi connectivity index (χ1n) is 6.61. The van der Waals surface area contributed by atoms with Crippen LogP contribution in [0.25, 0.3) is 0 Å². The van der Waals surface area contributed by atoms with Crippen molar-refractivity contribution >= 4 is 6.09 Å². The summed E-state index contributed by atoms with van der Waals surface area (Å²) in [7, 11) is 0. The third-order valence-electron chi connectivity index (χ3n) is 2.41. The van der Waals surface area contributed by atoms with E-state index >= 15 is 0 Å². The maximum absolute atomic E-state index is 11.4. The van der Waals surface area contributed by atoms with Gasteiger partial charge < -0.3 is 19.9 Å².